The number of anilines is 2. The van der Waals surface area contributed by atoms with E-state index in [0.29, 0.717) is 5.82 Å². The van der Waals surface area contributed by atoms with Gasteiger partial charge in [-0.1, -0.05) is 18.2 Å². The molecule has 2 rings (SSSR count). The molecule has 0 saturated carbocycles. The van der Waals surface area contributed by atoms with Gasteiger partial charge in [0, 0.05) is 16.8 Å². The molecule has 1 aromatic carbocycles. The Bertz CT molecular complexity index is 599. The quantitative estimate of drug-likeness (QED) is 0.504. The Morgan fingerprint density at radius 3 is 2.63 bits per heavy atom. The van der Waals surface area contributed by atoms with Crippen molar-refractivity contribution in [3.63, 3.8) is 0 Å². The van der Waals surface area contributed by atoms with Crippen LogP contribution in [0.2, 0.25) is 0 Å². The summed E-state index contributed by atoms with van der Waals surface area (Å²) in [7, 11) is 0. The zero-order valence-electron chi connectivity index (χ0n) is 9.95. The van der Waals surface area contributed by atoms with Gasteiger partial charge in [-0.15, -0.1) is 0 Å². The molecular formula is C13H11N3O3. The van der Waals surface area contributed by atoms with E-state index in [1.807, 2.05) is 30.3 Å². The Kier molecular flexibility index (Phi) is 3.82. The number of benzene rings is 1. The second-order valence-electron chi connectivity index (χ2n) is 3.80. The van der Waals surface area contributed by atoms with E-state index in [1.165, 1.54) is 12.3 Å². The van der Waals surface area contributed by atoms with Crippen molar-refractivity contribution >= 4 is 17.3 Å². The van der Waals surface area contributed by atoms with Crippen molar-refractivity contribution in [2.45, 2.75) is 0 Å². The summed E-state index contributed by atoms with van der Waals surface area (Å²) in [5, 5.41) is 13.4. The van der Waals surface area contributed by atoms with E-state index in [4.69, 9.17) is 0 Å². The van der Waals surface area contributed by atoms with Crippen LogP contribution in [0, 0.1) is 10.1 Å². The summed E-state index contributed by atoms with van der Waals surface area (Å²) in [4.78, 5) is 25.5. The van der Waals surface area contributed by atoms with Gasteiger partial charge in [0.2, 0.25) is 5.78 Å². The Morgan fingerprint density at radius 1 is 1.21 bits per heavy atom. The van der Waals surface area contributed by atoms with Gasteiger partial charge in [0.05, 0.1) is 5.56 Å². The largest absolute Gasteiger partial charge is 0.340 e. The monoisotopic (exact) mass is 257 g/mol. The average Bonchev–Trinajstić information content (AvgIpc) is 2.39. The molecule has 0 aliphatic rings. The average molecular weight is 257 g/mol. The molecule has 0 atom stereocenters. The minimum absolute atomic E-state index is 0.211. The molecule has 2 aromatic rings. The molecular weight excluding hydrogens is 246 g/mol. The van der Waals surface area contributed by atoms with Crippen molar-refractivity contribution in [2.75, 3.05) is 11.9 Å². The van der Waals surface area contributed by atoms with Gasteiger partial charge in [-0.05, 0) is 24.3 Å². The molecule has 0 bridgehead atoms. The molecule has 0 spiro atoms. The van der Waals surface area contributed by atoms with Crippen LogP contribution in [0.3, 0.4) is 0 Å². The normalized spacial score (nSPS) is 9.89. The molecule has 0 radical (unpaired) electrons. The summed E-state index contributed by atoms with van der Waals surface area (Å²) in [5.41, 5.74) is 0.972. The lowest BCUT2D eigenvalue weighted by atomic mass is 10.1. The predicted octanol–water partition coefficient (Wildman–Crippen LogP) is 2.28. The van der Waals surface area contributed by atoms with E-state index < -0.39 is 17.3 Å². The first-order valence-corrected chi connectivity index (χ1v) is 5.59. The van der Waals surface area contributed by atoms with E-state index in [9.17, 15) is 14.9 Å². The number of hydrogen-bond acceptors (Lipinski definition) is 5. The SMILES string of the molecule is O=C(C[N+](=O)[O-])c1cccnc1Nc1ccccc1. The summed E-state index contributed by atoms with van der Waals surface area (Å²) in [6.07, 6.45) is 1.52. The molecule has 6 heteroatoms. The molecule has 1 aromatic heterocycles. The standard InChI is InChI=1S/C13H11N3O3/c17-12(9-16(18)19)11-7-4-8-14-13(11)15-10-5-2-1-3-6-10/h1-8H,9H2,(H,14,15). The topological polar surface area (TPSA) is 85.1 Å². The smallest absolute Gasteiger partial charge is 0.265 e. The highest BCUT2D eigenvalue weighted by Crippen LogP contribution is 2.18. The predicted molar refractivity (Wildman–Crippen MR) is 70.2 cm³/mol. The highest BCUT2D eigenvalue weighted by Gasteiger charge is 2.17. The van der Waals surface area contributed by atoms with Crippen LogP contribution < -0.4 is 5.32 Å². The molecule has 19 heavy (non-hydrogen) atoms. The summed E-state index contributed by atoms with van der Waals surface area (Å²) in [6, 6.07) is 12.3. The van der Waals surface area contributed by atoms with Crippen LogP contribution in [-0.2, 0) is 0 Å². The van der Waals surface area contributed by atoms with Crippen LogP contribution >= 0.6 is 0 Å². The van der Waals surface area contributed by atoms with Crippen molar-refractivity contribution in [1.29, 1.82) is 0 Å². The second-order valence-corrected chi connectivity index (χ2v) is 3.80. The third kappa shape index (κ3) is 3.35. The number of nitrogens with zero attached hydrogens (tertiary/aromatic N) is 2. The van der Waals surface area contributed by atoms with E-state index in [0.717, 1.165) is 5.69 Å². The Balaban J connectivity index is 2.26. The number of Topliss-reactive ketones (excluding diaryl/α,β-unsaturated/α-hetero) is 1. The van der Waals surface area contributed by atoms with Gasteiger partial charge in [-0.25, -0.2) is 4.98 Å². The number of carbonyl (C=O) groups is 1. The number of pyridine rings is 1. The van der Waals surface area contributed by atoms with Gasteiger partial charge >= 0.3 is 0 Å². The molecule has 0 unspecified atom stereocenters. The molecule has 1 N–H and O–H groups in total. The molecule has 0 amide bonds. The maximum absolute atomic E-state index is 11.7. The molecule has 0 fully saturated rings. The highest BCUT2D eigenvalue weighted by atomic mass is 16.6. The summed E-state index contributed by atoms with van der Waals surface area (Å²) in [6.45, 7) is -0.741. The van der Waals surface area contributed by atoms with Gasteiger partial charge in [0.1, 0.15) is 5.82 Å². The summed E-state index contributed by atoms with van der Waals surface area (Å²) < 4.78 is 0. The minimum atomic E-state index is -0.741. The molecule has 96 valence electrons. The molecule has 0 aliphatic heterocycles. The molecule has 1 heterocycles. The molecule has 0 aliphatic carbocycles. The minimum Gasteiger partial charge on any atom is -0.340 e. The van der Waals surface area contributed by atoms with Crippen LogP contribution in [-0.4, -0.2) is 22.2 Å². The van der Waals surface area contributed by atoms with E-state index >= 15 is 0 Å². The fourth-order valence-electron chi connectivity index (χ4n) is 1.59. The van der Waals surface area contributed by atoms with Crippen molar-refractivity contribution in [2.24, 2.45) is 0 Å². The van der Waals surface area contributed by atoms with Crippen molar-refractivity contribution in [3.8, 4) is 0 Å². The van der Waals surface area contributed by atoms with Crippen LogP contribution in [0.25, 0.3) is 0 Å². The van der Waals surface area contributed by atoms with Gasteiger partial charge in [0.15, 0.2) is 0 Å². The van der Waals surface area contributed by atoms with E-state index in [-0.39, 0.29) is 5.56 Å². The Labute approximate surface area is 109 Å². The first-order chi connectivity index (χ1) is 9.16. The summed E-state index contributed by atoms with van der Waals surface area (Å²) in [5.74, 6) is -0.253. The lowest BCUT2D eigenvalue weighted by molar-refractivity contribution is -0.465. The van der Waals surface area contributed by atoms with Gasteiger partial charge in [0.25, 0.3) is 6.54 Å². The number of nitrogens with one attached hydrogen (secondary N) is 1. The van der Waals surface area contributed by atoms with Gasteiger partial charge in [-0.2, -0.15) is 0 Å². The first-order valence-electron chi connectivity index (χ1n) is 5.59. The number of aromatic nitrogens is 1. The van der Waals surface area contributed by atoms with Crippen LogP contribution in [0.15, 0.2) is 48.7 Å². The number of para-hydroxylation sites is 1. The zero-order valence-corrected chi connectivity index (χ0v) is 9.95. The van der Waals surface area contributed by atoms with Crippen molar-refractivity contribution < 1.29 is 9.72 Å². The number of ketones is 1. The third-order valence-corrected chi connectivity index (χ3v) is 2.42. The number of carbonyl (C=O) groups excluding carboxylic acids is 1. The molecule has 6 nitrogen and oxygen atoms in total. The van der Waals surface area contributed by atoms with Crippen molar-refractivity contribution in [1.82, 2.24) is 4.98 Å². The third-order valence-electron chi connectivity index (χ3n) is 2.42. The zero-order chi connectivity index (χ0) is 13.7. The van der Waals surface area contributed by atoms with Crippen LogP contribution in [0.4, 0.5) is 11.5 Å². The number of hydrogen-bond donors (Lipinski definition) is 1. The lowest BCUT2D eigenvalue weighted by Gasteiger charge is -2.08. The lowest BCUT2D eigenvalue weighted by Crippen LogP contribution is -2.15. The first kappa shape index (κ1) is 12.7. The Hall–Kier alpha value is -2.76. The fourth-order valence-corrected chi connectivity index (χ4v) is 1.59. The fraction of sp³-hybridized carbons (Fsp3) is 0.0769. The second kappa shape index (κ2) is 5.72. The van der Waals surface area contributed by atoms with E-state index in [2.05, 4.69) is 10.3 Å². The number of rotatable bonds is 5. The van der Waals surface area contributed by atoms with E-state index in [1.54, 1.807) is 6.07 Å². The maximum Gasteiger partial charge on any atom is 0.265 e. The van der Waals surface area contributed by atoms with Gasteiger partial charge < -0.3 is 5.32 Å². The van der Waals surface area contributed by atoms with Crippen LogP contribution in [0.5, 0.6) is 0 Å². The maximum atomic E-state index is 11.7. The van der Waals surface area contributed by atoms with Gasteiger partial charge in [-0.3, -0.25) is 14.9 Å². The Morgan fingerprint density at radius 2 is 1.95 bits per heavy atom. The summed E-state index contributed by atoms with van der Waals surface area (Å²) >= 11 is 0. The van der Waals surface area contributed by atoms with Crippen molar-refractivity contribution in [3.05, 3.63) is 64.3 Å². The molecule has 0 saturated heterocycles. The number of nitro groups is 1. The highest BCUT2D eigenvalue weighted by molar-refractivity contribution is 6.01. The van der Waals surface area contributed by atoms with Crippen LogP contribution in [0.1, 0.15) is 10.4 Å².